The predicted molar refractivity (Wildman–Crippen MR) is 89.3 cm³/mol. The lowest BCUT2D eigenvalue weighted by atomic mass is 10.1. The van der Waals surface area contributed by atoms with Gasteiger partial charge < -0.3 is 15.0 Å². The summed E-state index contributed by atoms with van der Waals surface area (Å²) in [6, 6.07) is 12.1. The molecule has 1 aromatic heterocycles. The summed E-state index contributed by atoms with van der Waals surface area (Å²) in [7, 11) is 1.50. The van der Waals surface area contributed by atoms with Crippen molar-refractivity contribution < 1.29 is 14.3 Å². The number of amides is 1. The topological polar surface area (TPSA) is 71.2 Å². The van der Waals surface area contributed by atoms with Crippen LogP contribution in [0.4, 0.5) is 5.69 Å². The van der Waals surface area contributed by atoms with Crippen molar-refractivity contribution in [3.8, 4) is 5.75 Å². The van der Waals surface area contributed by atoms with Crippen LogP contribution < -0.4 is 10.1 Å². The second kappa shape index (κ2) is 6.14. The zero-order chi connectivity index (χ0) is 16.4. The lowest BCUT2D eigenvalue weighted by Gasteiger charge is -2.07. The number of ketones is 1. The van der Waals surface area contributed by atoms with Gasteiger partial charge in [0.15, 0.2) is 0 Å². The Balaban J connectivity index is 1.83. The van der Waals surface area contributed by atoms with Crippen LogP contribution in [0.25, 0.3) is 10.9 Å². The largest absolute Gasteiger partial charge is 0.495 e. The summed E-state index contributed by atoms with van der Waals surface area (Å²) in [5.41, 5.74) is 1.56. The average molecular weight is 329 g/mol. The number of hydrogen-bond donors (Lipinski definition) is 2. The zero-order valence-corrected chi connectivity index (χ0v) is 13.0. The van der Waals surface area contributed by atoms with Crippen molar-refractivity contribution in [1.82, 2.24) is 4.98 Å². The molecule has 0 spiro atoms. The zero-order valence-electron chi connectivity index (χ0n) is 12.2. The molecular formula is C17H13ClN2O3. The minimum absolute atomic E-state index is 0.331. The molecule has 0 saturated carbocycles. The number of hydrogen-bond acceptors (Lipinski definition) is 3. The van der Waals surface area contributed by atoms with Gasteiger partial charge in [-0.15, -0.1) is 0 Å². The number of rotatable bonds is 4. The first-order chi connectivity index (χ1) is 11.1. The maximum absolute atomic E-state index is 12.3. The molecule has 0 aliphatic carbocycles. The third-order valence-electron chi connectivity index (χ3n) is 3.45. The fourth-order valence-corrected chi connectivity index (χ4v) is 2.57. The Morgan fingerprint density at radius 1 is 1.17 bits per heavy atom. The molecule has 2 aromatic carbocycles. The number of nitrogens with one attached hydrogen (secondary N) is 2. The molecule has 0 fully saturated rings. The van der Waals surface area contributed by atoms with Gasteiger partial charge >= 0.3 is 0 Å². The number of Topliss-reactive ketones (excluding diaryl/α,β-unsaturated/α-hetero) is 1. The van der Waals surface area contributed by atoms with E-state index in [1.165, 1.54) is 19.4 Å². The maximum atomic E-state index is 12.3. The van der Waals surface area contributed by atoms with Gasteiger partial charge in [0, 0.05) is 22.8 Å². The highest BCUT2D eigenvalue weighted by Crippen LogP contribution is 2.27. The first kappa shape index (κ1) is 15.1. The van der Waals surface area contributed by atoms with E-state index in [0.29, 0.717) is 27.4 Å². The number of anilines is 1. The lowest BCUT2D eigenvalue weighted by Crippen LogP contribution is -2.22. The monoisotopic (exact) mass is 328 g/mol. The summed E-state index contributed by atoms with van der Waals surface area (Å²) >= 11 is 6.00. The third-order valence-corrected chi connectivity index (χ3v) is 3.75. The normalized spacial score (nSPS) is 10.5. The van der Waals surface area contributed by atoms with E-state index in [2.05, 4.69) is 10.3 Å². The van der Waals surface area contributed by atoms with Gasteiger partial charge in [-0.05, 0) is 24.3 Å². The van der Waals surface area contributed by atoms with Crippen molar-refractivity contribution in [1.29, 1.82) is 0 Å². The maximum Gasteiger partial charge on any atom is 0.296 e. The molecule has 0 unspecified atom stereocenters. The Morgan fingerprint density at radius 2 is 1.96 bits per heavy atom. The van der Waals surface area contributed by atoms with Gasteiger partial charge in [0.2, 0.25) is 0 Å². The minimum atomic E-state index is -0.726. The number of H-pyrrole nitrogens is 1. The highest BCUT2D eigenvalue weighted by Gasteiger charge is 2.20. The third kappa shape index (κ3) is 2.91. The van der Waals surface area contributed by atoms with E-state index >= 15 is 0 Å². The van der Waals surface area contributed by atoms with Gasteiger partial charge in [-0.2, -0.15) is 0 Å². The smallest absolute Gasteiger partial charge is 0.296 e. The number of aromatic nitrogens is 1. The Kier molecular flexibility index (Phi) is 4.04. The van der Waals surface area contributed by atoms with Gasteiger partial charge in [-0.25, -0.2) is 0 Å². The summed E-state index contributed by atoms with van der Waals surface area (Å²) in [5, 5.41) is 3.60. The molecule has 0 atom stereocenters. The summed E-state index contributed by atoms with van der Waals surface area (Å²) < 4.78 is 5.04. The Morgan fingerprint density at radius 3 is 2.70 bits per heavy atom. The molecule has 0 aliphatic heterocycles. The molecule has 116 valence electrons. The van der Waals surface area contributed by atoms with Gasteiger partial charge in [0.1, 0.15) is 5.75 Å². The number of carbonyl (C=O) groups excluding carboxylic acids is 2. The summed E-state index contributed by atoms with van der Waals surface area (Å²) in [5.74, 6) is -0.849. The Hall–Kier alpha value is -2.79. The molecule has 0 radical (unpaired) electrons. The molecule has 1 heterocycles. The number of carbonyl (C=O) groups is 2. The number of benzene rings is 2. The van der Waals surface area contributed by atoms with Crippen molar-refractivity contribution in [3.05, 3.63) is 59.2 Å². The predicted octanol–water partition coefficient (Wildman–Crippen LogP) is 3.65. The number of methoxy groups -OCH3 is 1. The number of aromatic amines is 1. The highest BCUT2D eigenvalue weighted by molar-refractivity contribution is 6.48. The van der Waals surface area contributed by atoms with E-state index in [0.717, 1.165) is 5.52 Å². The molecule has 3 aromatic rings. The minimum Gasteiger partial charge on any atom is -0.495 e. The number of fused-ring (bicyclic) bond motifs is 1. The molecule has 0 saturated heterocycles. The van der Waals surface area contributed by atoms with Crippen LogP contribution in [0.1, 0.15) is 10.4 Å². The number of para-hydroxylation sites is 1. The molecule has 0 bridgehead atoms. The quantitative estimate of drug-likeness (QED) is 0.567. The van der Waals surface area contributed by atoms with E-state index < -0.39 is 11.7 Å². The number of ether oxygens (including phenoxy) is 1. The standard InChI is InChI=1S/C17H13ClN2O3/c1-23-15-7-6-10(8-13(15)18)20-17(22)16(21)12-9-19-14-5-3-2-4-11(12)14/h2-9,19H,1H3,(H,20,22). The van der Waals surface area contributed by atoms with E-state index in [1.54, 1.807) is 18.2 Å². The van der Waals surface area contributed by atoms with Crippen LogP contribution in [-0.4, -0.2) is 23.8 Å². The molecule has 2 N–H and O–H groups in total. The molecule has 3 rings (SSSR count). The fourth-order valence-electron chi connectivity index (χ4n) is 2.31. The van der Waals surface area contributed by atoms with Crippen LogP contribution >= 0.6 is 11.6 Å². The molecular weight excluding hydrogens is 316 g/mol. The van der Waals surface area contributed by atoms with Crippen LogP contribution in [0, 0.1) is 0 Å². The fraction of sp³-hybridized carbons (Fsp3) is 0.0588. The molecule has 5 nitrogen and oxygen atoms in total. The van der Waals surface area contributed by atoms with Crippen LogP contribution in [0.3, 0.4) is 0 Å². The molecule has 23 heavy (non-hydrogen) atoms. The van der Waals surface area contributed by atoms with E-state index in [1.807, 2.05) is 18.2 Å². The lowest BCUT2D eigenvalue weighted by molar-refractivity contribution is -0.112. The first-order valence-electron chi connectivity index (χ1n) is 6.85. The Labute approximate surface area is 137 Å². The van der Waals surface area contributed by atoms with Gasteiger partial charge in [0.25, 0.3) is 11.7 Å². The van der Waals surface area contributed by atoms with Crippen molar-refractivity contribution in [2.45, 2.75) is 0 Å². The van der Waals surface area contributed by atoms with Gasteiger partial charge in [-0.1, -0.05) is 29.8 Å². The molecule has 6 heteroatoms. The summed E-state index contributed by atoms with van der Waals surface area (Å²) in [4.78, 5) is 27.5. The highest BCUT2D eigenvalue weighted by atomic mass is 35.5. The van der Waals surface area contributed by atoms with Crippen molar-refractivity contribution in [2.75, 3.05) is 12.4 Å². The van der Waals surface area contributed by atoms with Crippen LogP contribution in [0.2, 0.25) is 5.02 Å². The van der Waals surface area contributed by atoms with E-state index in [9.17, 15) is 9.59 Å². The van der Waals surface area contributed by atoms with Crippen molar-refractivity contribution in [2.24, 2.45) is 0 Å². The first-order valence-corrected chi connectivity index (χ1v) is 7.23. The van der Waals surface area contributed by atoms with Crippen LogP contribution in [-0.2, 0) is 4.79 Å². The summed E-state index contributed by atoms with van der Waals surface area (Å²) in [6.45, 7) is 0. The van der Waals surface area contributed by atoms with Crippen molar-refractivity contribution in [3.63, 3.8) is 0 Å². The van der Waals surface area contributed by atoms with Crippen LogP contribution in [0.5, 0.6) is 5.75 Å². The van der Waals surface area contributed by atoms with Crippen molar-refractivity contribution >= 4 is 39.9 Å². The van der Waals surface area contributed by atoms with Crippen LogP contribution in [0.15, 0.2) is 48.7 Å². The SMILES string of the molecule is COc1ccc(NC(=O)C(=O)c2c[nH]c3ccccc23)cc1Cl. The second-order valence-electron chi connectivity index (χ2n) is 4.88. The van der Waals surface area contributed by atoms with E-state index in [4.69, 9.17) is 16.3 Å². The van der Waals surface area contributed by atoms with Gasteiger partial charge in [-0.3, -0.25) is 9.59 Å². The Bertz CT molecular complexity index is 902. The second-order valence-corrected chi connectivity index (χ2v) is 5.29. The molecule has 1 amide bonds. The number of halogens is 1. The average Bonchev–Trinajstić information content (AvgIpc) is 2.98. The van der Waals surface area contributed by atoms with E-state index in [-0.39, 0.29) is 0 Å². The summed E-state index contributed by atoms with van der Waals surface area (Å²) in [6.07, 6.45) is 1.54. The van der Waals surface area contributed by atoms with Gasteiger partial charge in [0.05, 0.1) is 17.7 Å². The molecule has 0 aliphatic rings.